The van der Waals surface area contributed by atoms with Crippen LogP contribution in [0, 0.1) is 6.92 Å². The molecule has 0 spiro atoms. The smallest absolute Gasteiger partial charge is 0.382 e. The Labute approximate surface area is 152 Å². The Hall–Kier alpha value is -1.66. The van der Waals surface area contributed by atoms with E-state index >= 15 is 0 Å². The predicted molar refractivity (Wildman–Crippen MR) is 90.1 cm³/mol. The van der Waals surface area contributed by atoms with E-state index in [2.05, 4.69) is 4.98 Å². The lowest BCUT2D eigenvalue weighted by Crippen LogP contribution is -2.15. The quantitative estimate of drug-likeness (QED) is 0.656. The molecule has 2 aromatic rings. The van der Waals surface area contributed by atoms with Crippen molar-refractivity contribution in [2.24, 2.45) is 0 Å². The van der Waals surface area contributed by atoms with Crippen LogP contribution in [0.1, 0.15) is 21.8 Å². The van der Waals surface area contributed by atoms with E-state index in [1.807, 2.05) is 0 Å². The zero-order valence-electron chi connectivity index (χ0n) is 13.6. The molecule has 0 amide bonds. The van der Waals surface area contributed by atoms with E-state index in [0.29, 0.717) is 11.1 Å². The lowest BCUT2D eigenvalue weighted by Gasteiger charge is -2.14. The molecule has 0 aliphatic carbocycles. The summed E-state index contributed by atoms with van der Waals surface area (Å²) in [6.45, 7) is 1.68. The summed E-state index contributed by atoms with van der Waals surface area (Å²) >= 11 is 1.23. The molecule has 2 rings (SSSR count). The zero-order valence-corrected chi connectivity index (χ0v) is 16.0. The van der Waals surface area contributed by atoms with Crippen LogP contribution in [0.3, 0.4) is 0 Å². The van der Waals surface area contributed by atoms with Crippen LogP contribution in [-0.4, -0.2) is 28.1 Å². The summed E-state index contributed by atoms with van der Waals surface area (Å²) in [4.78, 5) is 3.96. The summed E-state index contributed by atoms with van der Waals surface area (Å²) in [5, 5.41) is 2.15. The van der Waals surface area contributed by atoms with E-state index in [9.17, 15) is 30.0 Å². The number of rotatable bonds is 6. The first-order valence-electron chi connectivity index (χ1n) is 6.96. The molecule has 0 aliphatic heterocycles. The second-order valence-electron chi connectivity index (χ2n) is 5.53. The highest BCUT2D eigenvalue weighted by Crippen LogP contribution is 2.35. The molecule has 1 aromatic carbocycles. The molecule has 1 heterocycles. The Morgan fingerprint density at radius 3 is 2.31 bits per heavy atom. The Morgan fingerprint density at radius 1 is 1.15 bits per heavy atom. The van der Waals surface area contributed by atoms with Crippen molar-refractivity contribution in [1.82, 2.24) is 4.98 Å². The van der Waals surface area contributed by atoms with Crippen LogP contribution in [0.5, 0.6) is 5.75 Å². The zero-order chi connectivity index (χ0) is 19.8. The van der Waals surface area contributed by atoms with Crippen molar-refractivity contribution in [3.8, 4) is 5.75 Å². The van der Waals surface area contributed by atoms with Crippen molar-refractivity contribution in [2.75, 3.05) is 6.26 Å². The first-order valence-corrected chi connectivity index (χ1v) is 11.5. The molecule has 0 radical (unpaired) electrons. The highest BCUT2D eigenvalue weighted by Gasteiger charge is 2.35. The van der Waals surface area contributed by atoms with Gasteiger partial charge in [0.15, 0.2) is 9.84 Å². The Bertz CT molecular complexity index is 1010. The van der Waals surface area contributed by atoms with Gasteiger partial charge in [-0.1, -0.05) is 6.07 Å². The van der Waals surface area contributed by atoms with Crippen LogP contribution < -0.4 is 4.18 Å². The number of aromatic nitrogens is 1. The average molecular weight is 429 g/mol. The topological polar surface area (TPSA) is 90.4 Å². The van der Waals surface area contributed by atoms with Crippen molar-refractivity contribution >= 4 is 31.3 Å². The number of thiazole rings is 1. The van der Waals surface area contributed by atoms with Crippen LogP contribution >= 0.6 is 11.3 Å². The average Bonchev–Trinajstić information content (AvgIpc) is 2.81. The lowest BCUT2D eigenvalue weighted by molar-refractivity contribution is -0.138. The second kappa shape index (κ2) is 7.16. The molecule has 0 saturated carbocycles. The molecule has 12 heteroatoms. The molecular formula is C14H14F3NO5S3. The monoisotopic (exact) mass is 429 g/mol. The largest absolute Gasteiger partial charge is 0.416 e. The molecular weight excluding hydrogens is 415 g/mol. The number of aryl methyl sites for hydroxylation is 1. The van der Waals surface area contributed by atoms with Crippen molar-refractivity contribution in [1.29, 1.82) is 0 Å². The first kappa shape index (κ1) is 20.6. The van der Waals surface area contributed by atoms with E-state index in [1.165, 1.54) is 16.7 Å². The third-order valence-corrected chi connectivity index (χ3v) is 5.77. The summed E-state index contributed by atoms with van der Waals surface area (Å²) < 4.78 is 90.9. The van der Waals surface area contributed by atoms with E-state index in [-0.39, 0.29) is 5.69 Å². The number of sulfone groups is 1. The van der Waals surface area contributed by atoms with Gasteiger partial charge in [-0.05, 0) is 24.6 Å². The molecule has 0 N–H and O–H groups in total. The minimum Gasteiger partial charge on any atom is -0.382 e. The number of benzene rings is 1. The number of alkyl halides is 3. The number of hydrogen-bond donors (Lipinski definition) is 0. The van der Waals surface area contributed by atoms with Gasteiger partial charge in [0, 0.05) is 11.6 Å². The van der Waals surface area contributed by atoms with Gasteiger partial charge in [0.05, 0.1) is 22.0 Å². The summed E-state index contributed by atoms with van der Waals surface area (Å²) in [5.74, 6) is -1.97. The van der Waals surface area contributed by atoms with Gasteiger partial charge >= 0.3 is 16.3 Å². The third kappa shape index (κ3) is 5.95. The van der Waals surface area contributed by atoms with Crippen molar-refractivity contribution in [2.45, 2.75) is 24.6 Å². The summed E-state index contributed by atoms with van der Waals surface area (Å²) in [6, 6.07) is 2.35. The molecule has 26 heavy (non-hydrogen) atoms. The summed E-state index contributed by atoms with van der Waals surface area (Å²) in [5.41, 5.74) is -1.53. The fourth-order valence-corrected chi connectivity index (χ4v) is 4.61. The van der Waals surface area contributed by atoms with Gasteiger partial charge < -0.3 is 4.18 Å². The minimum absolute atomic E-state index is 0.220. The van der Waals surface area contributed by atoms with E-state index in [1.54, 1.807) is 6.92 Å². The fraction of sp³-hybridized carbons (Fsp3) is 0.357. The predicted octanol–water partition coefficient (Wildman–Crippen LogP) is 2.92. The van der Waals surface area contributed by atoms with Crippen molar-refractivity contribution in [3.05, 3.63) is 45.4 Å². The van der Waals surface area contributed by atoms with Crippen LogP contribution in [0.4, 0.5) is 13.2 Å². The van der Waals surface area contributed by atoms with Crippen LogP contribution in [-0.2, 0) is 37.6 Å². The maximum absolute atomic E-state index is 13.2. The van der Waals surface area contributed by atoms with E-state index in [0.717, 1.165) is 18.4 Å². The van der Waals surface area contributed by atoms with E-state index in [4.69, 9.17) is 4.18 Å². The molecule has 6 nitrogen and oxygen atoms in total. The van der Waals surface area contributed by atoms with Gasteiger partial charge in [0.1, 0.15) is 11.5 Å². The minimum atomic E-state index is -4.87. The van der Waals surface area contributed by atoms with Gasteiger partial charge in [0.2, 0.25) is 0 Å². The van der Waals surface area contributed by atoms with Crippen molar-refractivity contribution < 1.29 is 34.2 Å². The van der Waals surface area contributed by atoms with Crippen molar-refractivity contribution in [3.63, 3.8) is 0 Å². The van der Waals surface area contributed by atoms with Gasteiger partial charge in [-0.25, -0.2) is 13.4 Å². The highest BCUT2D eigenvalue weighted by molar-refractivity contribution is 7.89. The first-order chi connectivity index (χ1) is 11.8. The maximum atomic E-state index is 13.2. The Kier molecular flexibility index (Phi) is 5.69. The molecule has 0 aliphatic rings. The molecule has 1 aromatic heterocycles. The Morgan fingerprint density at radius 2 is 1.81 bits per heavy atom. The molecule has 0 fully saturated rings. The van der Waals surface area contributed by atoms with Crippen LogP contribution in [0.15, 0.2) is 23.6 Å². The highest BCUT2D eigenvalue weighted by atomic mass is 32.2. The fourth-order valence-electron chi connectivity index (χ4n) is 2.11. The lowest BCUT2D eigenvalue weighted by atomic mass is 10.1. The van der Waals surface area contributed by atoms with Crippen LogP contribution in [0.2, 0.25) is 0 Å². The molecule has 0 unspecified atom stereocenters. The molecule has 144 valence electrons. The molecule has 0 bridgehead atoms. The Balaban J connectivity index is 2.32. The van der Waals surface area contributed by atoms with Gasteiger partial charge in [-0.3, -0.25) is 0 Å². The number of nitrogens with zero attached hydrogens (tertiary/aromatic N) is 1. The van der Waals surface area contributed by atoms with Gasteiger partial charge in [-0.2, -0.15) is 21.6 Å². The third-order valence-electron chi connectivity index (χ3n) is 3.02. The number of hydrogen-bond acceptors (Lipinski definition) is 7. The summed E-state index contributed by atoms with van der Waals surface area (Å²) in [6.07, 6.45) is -4.06. The summed E-state index contributed by atoms with van der Waals surface area (Å²) in [7, 11) is -7.94. The molecule has 0 atom stereocenters. The SMILES string of the molecule is Cc1nc(CS(=O)(=O)Oc2ccc(CS(C)(=O)=O)c(C(F)(F)F)c2)cs1. The standard InChI is InChI=1S/C14H14F3NO5S3/c1-9-18-11(6-24-9)8-26(21,22)23-12-4-3-10(7-25(2,19)20)13(5-12)14(15,16)17/h3-6H,7-8H2,1-2H3. The van der Waals surface area contributed by atoms with Gasteiger partial charge in [-0.15, -0.1) is 11.3 Å². The normalized spacial score (nSPS) is 13.0. The van der Waals surface area contributed by atoms with Gasteiger partial charge in [0.25, 0.3) is 0 Å². The maximum Gasteiger partial charge on any atom is 0.416 e. The molecule has 0 saturated heterocycles. The second-order valence-corrected chi connectivity index (χ2v) is 10.3. The number of halogens is 3. The van der Waals surface area contributed by atoms with Crippen LogP contribution in [0.25, 0.3) is 0 Å². The van der Waals surface area contributed by atoms with E-state index < -0.39 is 54.5 Å².